The second-order valence-electron chi connectivity index (χ2n) is 5.57. The van der Waals surface area contributed by atoms with Crippen LogP contribution in [-0.4, -0.2) is 49.1 Å². The molecule has 0 aliphatic carbocycles. The molecule has 1 aromatic carbocycles. The fraction of sp³-hybridized carbons (Fsp3) is 0.438. The third-order valence-corrected chi connectivity index (χ3v) is 3.77. The van der Waals surface area contributed by atoms with Crippen molar-refractivity contribution in [1.29, 1.82) is 0 Å². The van der Waals surface area contributed by atoms with Gasteiger partial charge in [0.1, 0.15) is 13.2 Å². The average molecular weight is 319 g/mol. The predicted octanol–water partition coefficient (Wildman–Crippen LogP) is 1.36. The summed E-state index contributed by atoms with van der Waals surface area (Å²) in [5, 5.41) is 13.9. The van der Waals surface area contributed by atoms with E-state index < -0.39 is 6.09 Å². The lowest BCUT2D eigenvalue weighted by atomic mass is 10.1. The molecular formula is C16H21N3O4. The Hall–Kier alpha value is -2.25. The zero-order chi connectivity index (χ0) is 16.1. The predicted molar refractivity (Wildman–Crippen MR) is 84.6 cm³/mol. The molecule has 0 radical (unpaired) electrons. The summed E-state index contributed by atoms with van der Waals surface area (Å²) < 4.78 is 11.1. The van der Waals surface area contributed by atoms with Crippen molar-refractivity contribution in [1.82, 2.24) is 15.8 Å². The number of carboxylic acid groups (broad SMARTS) is 1. The molecule has 1 aromatic rings. The van der Waals surface area contributed by atoms with Crippen molar-refractivity contribution >= 4 is 6.09 Å². The van der Waals surface area contributed by atoms with Crippen LogP contribution >= 0.6 is 0 Å². The first-order valence-electron chi connectivity index (χ1n) is 7.72. The van der Waals surface area contributed by atoms with Gasteiger partial charge in [-0.3, -0.25) is 5.43 Å². The van der Waals surface area contributed by atoms with Gasteiger partial charge in [-0.2, -0.15) is 0 Å². The van der Waals surface area contributed by atoms with Crippen molar-refractivity contribution in [3.05, 3.63) is 35.4 Å². The normalized spacial score (nSPS) is 17.5. The highest BCUT2D eigenvalue weighted by atomic mass is 16.6. The first-order chi connectivity index (χ1) is 11.2. The number of nitrogens with one attached hydrogen (secondary N) is 2. The Morgan fingerprint density at radius 2 is 2.04 bits per heavy atom. The fourth-order valence-electron chi connectivity index (χ4n) is 2.74. The molecule has 0 aromatic heterocycles. The van der Waals surface area contributed by atoms with Gasteiger partial charge in [0.05, 0.1) is 0 Å². The van der Waals surface area contributed by atoms with E-state index in [1.54, 1.807) is 5.01 Å². The summed E-state index contributed by atoms with van der Waals surface area (Å²) in [4.78, 5) is 10.7. The Kier molecular flexibility index (Phi) is 4.99. The molecule has 0 unspecified atom stereocenters. The number of carbonyl (C=O) groups is 1. The number of nitrogens with zero attached hydrogens (tertiary/aromatic N) is 1. The molecule has 23 heavy (non-hydrogen) atoms. The van der Waals surface area contributed by atoms with Gasteiger partial charge in [-0.05, 0) is 29.7 Å². The molecule has 1 amide bonds. The smallest absolute Gasteiger partial charge is 0.419 e. The van der Waals surface area contributed by atoms with Crippen LogP contribution in [0.2, 0.25) is 0 Å². The van der Waals surface area contributed by atoms with Crippen LogP contribution in [0.25, 0.3) is 0 Å². The van der Waals surface area contributed by atoms with E-state index in [1.807, 2.05) is 18.2 Å². The number of ether oxygens (including phenoxy) is 2. The Balaban J connectivity index is 1.47. The zero-order valence-electron chi connectivity index (χ0n) is 12.9. The first kappa shape index (κ1) is 15.6. The van der Waals surface area contributed by atoms with E-state index in [1.165, 1.54) is 5.57 Å². The largest absolute Gasteiger partial charge is 0.486 e. The highest BCUT2D eigenvalue weighted by Gasteiger charge is 2.14. The summed E-state index contributed by atoms with van der Waals surface area (Å²) in [6.45, 7) is 3.95. The number of hydrazine groups is 1. The van der Waals surface area contributed by atoms with Gasteiger partial charge in [-0.15, -0.1) is 0 Å². The maximum Gasteiger partial charge on any atom is 0.419 e. The van der Waals surface area contributed by atoms with Crippen molar-refractivity contribution in [2.24, 2.45) is 0 Å². The van der Waals surface area contributed by atoms with Crippen LogP contribution in [-0.2, 0) is 6.54 Å². The van der Waals surface area contributed by atoms with E-state index in [-0.39, 0.29) is 0 Å². The second-order valence-corrected chi connectivity index (χ2v) is 5.57. The Labute approximate surface area is 134 Å². The van der Waals surface area contributed by atoms with Crippen molar-refractivity contribution < 1.29 is 19.4 Å². The number of fused-ring (bicyclic) bond motifs is 1. The monoisotopic (exact) mass is 319 g/mol. The number of hydrogen-bond acceptors (Lipinski definition) is 5. The molecule has 7 heteroatoms. The van der Waals surface area contributed by atoms with Crippen LogP contribution in [0.4, 0.5) is 4.79 Å². The summed E-state index contributed by atoms with van der Waals surface area (Å²) in [6.07, 6.45) is 1.99. The summed E-state index contributed by atoms with van der Waals surface area (Å²) in [7, 11) is 0. The summed E-state index contributed by atoms with van der Waals surface area (Å²) in [5.74, 6) is 1.59. The van der Waals surface area contributed by atoms with Gasteiger partial charge in [0, 0.05) is 26.2 Å². The first-order valence-corrected chi connectivity index (χ1v) is 7.72. The Bertz CT molecular complexity index is 603. The van der Waals surface area contributed by atoms with E-state index >= 15 is 0 Å². The molecule has 2 aliphatic heterocycles. The second kappa shape index (κ2) is 7.34. The molecule has 2 heterocycles. The standard InChI is InChI=1S/C16H21N3O4/c20-16(21)18-19-5-1-2-13(11-19)10-17-9-12-3-4-14-15(8-12)23-7-6-22-14/h2-4,8,17-18H,1,5-7,9-11H2,(H,20,21). The molecule has 2 aliphatic rings. The third-order valence-electron chi connectivity index (χ3n) is 3.77. The highest BCUT2D eigenvalue weighted by Crippen LogP contribution is 2.30. The van der Waals surface area contributed by atoms with Gasteiger partial charge >= 0.3 is 6.09 Å². The van der Waals surface area contributed by atoms with Crippen molar-refractivity contribution in [3.63, 3.8) is 0 Å². The molecule has 0 fully saturated rings. The molecule has 0 spiro atoms. The fourth-order valence-corrected chi connectivity index (χ4v) is 2.74. The van der Waals surface area contributed by atoms with E-state index in [9.17, 15) is 4.79 Å². The maximum absolute atomic E-state index is 10.7. The quantitative estimate of drug-likeness (QED) is 0.711. The lowest BCUT2D eigenvalue weighted by molar-refractivity contribution is 0.143. The van der Waals surface area contributed by atoms with Gasteiger partial charge in [-0.25, -0.2) is 9.80 Å². The topological polar surface area (TPSA) is 83.1 Å². The Morgan fingerprint density at radius 3 is 2.87 bits per heavy atom. The average Bonchev–Trinajstić information content (AvgIpc) is 2.54. The van der Waals surface area contributed by atoms with Crippen LogP contribution in [0.15, 0.2) is 29.8 Å². The molecule has 0 bridgehead atoms. The number of hydrogen-bond donors (Lipinski definition) is 3. The maximum atomic E-state index is 10.7. The molecule has 124 valence electrons. The lowest BCUT2D eigenvalue weighted by Crippen LogP contribution is -2.45. The van der Waals surface area contributed by atoms with E-state index in [4.69, 9.17) is 14.6 Å². The number of benzene rings is 1. The van der Waals surface area contributed by atoms with Crippen molar-refractivity contribution in [2.75, 3.05) is 32.8 Å². The molecule has 7 nitrogen and oxygen atoms in total. The molecule has 0 saturated carbocycles. The third kappa shape index (κ3) is 4.37. The SMILES string of the molecule is O=C(O)NN1CCC=C(CNCc2ccc3c(c2)OCCO3)C1. The molecule has 3 rings (SSSR count). The van der Waals surface area contributed by atoms with Gasteiger partial charge in [-0.1, -0.05) is 12.1 Å². The van der Waals surface area contributed by atoms with Gasteiger partial charge in [0.25, 0.3) is 0 Å². The molecular weight excluding hydrogens is 298 g/mol. The van der Waals surface area contributed by atoms with Gasteiger partial charge < -0.3 is 19.9 Å². The van der Waals surface area contributed by atoms with Crippen LogP contribution in [0.3, 0.4) is 0 Å². The van der Waals surface area contributed by atoms with E-state index in [0.717, 1.165) is 36.6 Å². The van der Waals surface area contributed by atoms with Crippen LogP contribution in [0.5, 0.6) is 11.5 Å². The van der Waals surface area contributed by atoms with Gasteiger partial charge in [0.15, 0.2) is 11.5 Å². The van der Waals surface area contributed by atoms with Gasteiger partial charge in [0.2, 0.25) is 0 Å². The minimum atomic E-state index is -1.02. The lowest BCUT2D eigenvalue weighted by Gasteiger charge is -2.26. The number of amides is 1. The van der Waals surface area contributed by atoms with Crippen LogP contribution < -0.4 is 20.2 Å². The summed E-state index contributed by atoms with van der Waals surface area (Å²) in [6, 6.07) is 5.95. The molecule has 0 atom stereocenters. The molecule has 0 saturated heterocycles. The van der Waals surface area contributed by atoms with Crippen molar-refractivity contribution in [2.45, 2.75) is 13.0 Å². The van der Waals surface area contributed by atoms with E-state index in [0.29, 0.717) is 26.3 Å². The molecule has 3 N–H and O–H groups in total. The summed E-state index contributed by atoms with van der Waals surface area (Å²) >= 11 is 0. The zero-order valence-corrected chi connectivity index (χ0v) is 12.9. The van der Waals surface area contributed by atoms with E-state index in [2.05, 4.69) is 16.8 Å². The van der Waals surface area contributed by atoms with Crippen molar-refractivity contribution in [3.8, 4) is 11.5 Å². The number of rotatable bonds is 5. The minimum absolute atomic E-state index is 0.586. The minimum Gasteiger partial charge on any atom is -0.486 e. The van der Waals surface area contributed by atoms with Crippen LogP contribution in [0, 0.1) is 0 Å². The van der Waals surface area contributed by atoms with Crippen LogP contribution in [0.1, 0.15) is 12.0 Å². The Morgan fingerprint density at radius 1 is 1.22 bits per heavy atom. The highest BCUT2D eigenvalue weighted by molar-refractivity contribution is 5.63. The summed E-state index contributed by atoms with van der Waals surface area (Å²) in [5.41, 5.74) is 4.72.